The molecule has 26 heavy (non-hydrogen) atoms. The van der Waals surface area contributed by atoms with E-state index in [0.717, 1.165) is 18.5 Å². The van der Waals surface area contributed by atoms with E-state index in [1.54, 1.807) is 28.5 Å². The van der Waals surface area contributed by atoms with Crippen LogP contribution in [-0.4, -0.2) is 69.6 Å². The molecule has 1 aromatic heterocycles. The van der Waals surface area contributed by atoms with Gasteiger partial charge < -0.3 is 14.5 Å². The Kier molecular flexibility index (Phi) is 4.77. The normalized spacial score (nSPS) is 22.8. The van der Waals surface area contributed by atoms with Crippen molar-refractivity contribution in [3.63, 3.8) is 0 Å². The van der Waals surface area contributed by atoms with Crippen LogP contribution in [-0.2, 0) is 16.1 Å². The number of hydrogen-bond acceptors (Lipinski definition) is 5. The number of aromatic nitrogens is 2. The molecular formula is C18H26N4O4. The molecule has 0 aliphatic carbocycles. The Labute approximate surface area is 153 Å². The van der Waals surface area contributed by atoms with Gasteiger partial charge in [0, 0.05) is 32.3 Å². The Morgan fingerprint density at radius 2 is 2.00 bits per heavy atom. The average molecular weight is 362 g/mol. The number of piperidine rings is 1. The zero-order valence-electron chi connectivity index (χ0n) is 15.9. The van der Waals surface area contributed by atoms with Gasteiger partial charge in [-0.05, 0) is 33.6 Å². The fraction of sp³-hybridized carbons (Fsp3) is 0.667. The molecule has 0 unspecified atom stereocenters. The predicted octanol–water partition coefficient (Wildman–Crippen LogP) is 1.54. The molecule has 0 aromatic carbocycles. The highest BCUT2D eigenvalue weighted by atomic mass is 16.6. The molecule has 1 aromatic rings. The predicted molar refractivity (Wildman–Crippen MR) is 94.0 cm³/mol. The first-order valence-corrected chi connectivity index (χ1v) is 8.99. The molecule has 142 valence electrons. The summed E-state index contributed by atoms with van der Waals surface area (Å²) in [4.78, 5) is 39.5. The zero-order valence-corrected chi connectivity index (χ0v) is 15.9. The SMILES string of the molecule is CC(=O)c1c(C)nn(CCC(=O)N2CCC[C@]3(CN(C)C(=O)O3)C2)c1C. The summed E-state index contributed by atoms with van der Waals surface area (Å²) in [6, 6.07) is 0. The Morgan fingerprint density at radius 1 is 1.27 bits per heavy atom. The van der Waals surface area contributed by atoms with Gasteiger partial charge in [-0.25, -0.2) is 4.79 Å². The molecule has 8 nitrogen and oxygen atoms in total. The van der Waals surface area contributed by atoms with E-state index in [2.05, 4.69) is 5.10 Å². The van der Waals surface area contributed by atoms with E-state index in [1.807, 2.05) is 6.92 Å². The highest BCUT2D eigenvalue weighted by molar-refractivity contribution is 5.96. The zero-order chi connectivity index (χ0) is 19.1. The minimum absolute atomic E-state index is 0.0114. The Balaban J connectivity index is 1.63. The van der Waals surface area contributed by atoms with Crippen molar-refractivity contribution in [3.8, 4) is 0 Å². The minimum atomic E-state index is -0.570. The van der Waals surface area contributed by atoms with Crippen molar-refractivity contribution in [1.29, 1.82) is 0 Å². The van der Waals surface area contributed by atoms with E-state index in [4.69, 9.17) is 4.74 Å². The minimum Gasteiger partial charge on any atom is -0.439 e. The Bertz CT molecular complexity index is 757. The molecule has 2 saturated heterocycles. The first kappa shape index (κ1) is 18.4. The van der Waals surface area contributed by atoms with Crippen molar-refractivity contribution in [3.05, 3.63) is 17.0 Å². The van der Waals surface area contributed by atoms with Gasteiger partial charge in [0.2, 0.25) is 5.91 Å². The fourth-order valence-corrected chi connectivity index (χ4v) is 4.10. The quantitative estimate of drug-likeness (QED) is 0.759. The Morgan fingerprint density at radius 3 is 2.58 bits per heavy atom. The molecule has 1 spiro atoms. The fourth-order valence-electron chi connectivity index (χ4n) is 4.10. The summed E-state index contributed by atoms with van der Waals surface area (Å²) in [7, 11) is 1.72. The van der Waals surface area contributed by atoms with Gasteiger partial charge in [-0.1, -0.05) is 0 Å². The lowest BCUT2D eigenvalue weighted by molar-refractivity contribution is -0.137. The summed E-state index contributed by atoms with van der Waals surface area (Å²) in [5, 5.41) is 4.39. The van der Waals surface area contributed by atoms with E-state index < -0.39 is 5.60 Å². The molecule has 0 N–H and O–H groups in total. The van der Waals surface area contributed by atoms with Crippen molar-refractivity contribution in [2.75, 3.05) is 26.7 Å². The molecule has 3 heterocycles. The van der Waals surface area contributed by atoms with Gasteiger partial charge in [-0.15, -0.1) is 0 Å². The summed E-state index contributed by atoms with van der Waals surface area (Å²) in [6.45, 7) is 7.26. The molecule has 2 aliphatic heterocycles. The van der Waals surface area contributed by atoms with Crippen LogP contribution < -0.4 is 0 Å². The third kappa shape index (κ3) is 3.32. The molecule has 2 aliphatic rings. The van der Waals surface area contributed by atoms with E-state index in [9.17, 15) is 14.4 Å². The smallest absolute Gasteiger partial charge is 0.410 e. The van der Waals surface area contributed by atoms with Crippen molar-refractivity contribution >= 4 is 17.8 Å². The third-order valence-electron chi connectivity index (χ3n) is 5.30. The highest BCUT2D eigenvalue weighted by Crippen LogP contribution is 2.31. The number of amides is 2. The van der Waals surface area contributed by atoms with Crippen LogP contribution >= 0.6 is 0 Å². The van der Waals surface area contributed by atoms with Crippen LogP contribution in [0.5, 0.6) is 0 Å². The molecule has 8 heteroatoms. The van der Waals surface area contributed by atoms with Gasteiger partial charge in [-0.3, -0.25) is 14.3 Å². The van der Waals surface area contributed by atoms with Crippen LogP contribution in [0.3, 0.4) is 0 Å². The topological polar surface area (TPSA) is 84.7 Å². The summed E-state index contributed by atoms with van der Waals surface area (Å²) >= 11 is 0. The highest BCUT2D eigenvalue weighted by Gasteiger charge is 2.47. The summed E-state index contributed by atoms with van der Waals surface area (Å²) < 4.78 is 7.28. The number of hydrogen-bond donors (Lipinski definition) is 0. The Hall–Kier alpha value is -2.38. The van der Waals surface area contributed by atoms with Crippen molar-refractivity contribution in [2.24, 2.45) is 0 Å². The lowest BCUT2D eigenvalue weighted by Crippen LogP contribution is -2.52. The van der Waals surface area contributed by atoms with E-state index in [1.165, 1.54) is 6.92 Å². The second kappa shape index (κ2) is 6.74. The number of rotatable bonds is 4. The maximum Gasteiger partial charge on any atom is 0.410 e. The lowest BCUT2D eigenvalue weighted by Gasteiger charge is -2.38. The van der Waals surface area contributed by atoms with Crippen LogP contribution in [0.4, 0.5) is 4.79 Å². The molecule has 1 atom stereocenters. The van der Waals surface area contributed by atoms with Crippen molar-refractivity contribution in [2.45, 2.75) is 52.2 Å². The molecule has 3 rings (SSSR count). The van der Waals surface area contributed by atoms with Gasteiger partial charge in [0.1, 0.15) is 5.60 Å². The molecule has 2 fully saturated rings. The van der Waals surface area contributed by atoms with Gasteiger partial charge in [0.15, 0.2) is 5.78 Å². The van der Waals surface area contributed by atoms with E-state index in [0.29, 0.717) is 43.9 Å². The maximum absolute atomic E-state index is 12.7. The third-order valence-corrected chi connectivity index (χ3v) is 5.30. The second-order valence-corrected chi connectivity index (χ2v) is 7.40. The summed E-state index contributed by atoms with van der Waals surface area (Å²) in [5.74, 6) is 0.00863. The molecule has 2 amide bonds. The first-order chi connectivity index (χ1) is 12.2. The number of carbonyl (C=O) groups excluding carboxylic acids is 3. The van der Waals surface area contributed by atoms with Crippen molar-refractivity contribution < 1.29 is 19.1 Å². The number of likely N-dealkylation sites (N-methyl/N-ethyl adjacent to an activating group) is 1. The van der Waals surface area contributed by atoms with Gasteiger partial charge in [-0.2, -0.15) is 5.10 Å². The number of carbonyl (C=O) groups is 3. The number of ketones is 1. The first-order valence-electron chi connectivity index (χ1n) is 8.99. The van der Waals surface area contributed by atoms with Crippen LogP contribution in [0.15, 0.2) is 0 Å². The molecular weight excluding hydrogens is 336 g/mol. The summed E-state index contributed by atoms with van der Waals surface area (Å²) in [6.07, 6.45) is 1.59. The van der Waals surface area contributed by atoms with Crippen molar-refractivity contribution in [1.82, 2.24) is 19.6 Å². The van der Waals surface area contributed by atoms with Gasteiger partial charge in [0.25, 0.3) is 0 Å². The second-order valence-electron chi connectivity index (χ2n) is 7.40. The standard InChI is InChI=1S/C18H26N4O4/c1-12-16(14(3)23)13(2)22(19-12)9-6-15(24)21-8-5-7-18(11-21)10-20(4)17(25)26-18/h5-11H2,1-4H3/t18-/m0/s1. The van der Waals surface area contributed by atoms with Crippen LogP contribution in [0, 0.1) is 13.8 Å². The van der Waals surface area contributed by atoms with Crippen LogP contribution in [0.25, 0.3) is 0 Å². The number of likely N-dealkylation sites (tertiary alicyclic amines) is 1. The van der Waals surface area contributed by atoms with E-state index in [-0.39, 0.29) is 17.8 Å². The molecule has 0 bridgehead atoms. The average Bonchev–Trinajstić information content (AvgIpc) is 3.00. The maximum atomic E-state index is 12.7. The monoisotopic (exact) mass is 362 g/mol. The van der Waals surface area contributed by atoms with Crippen LogP contribution in [0.2, 0.25) is 0 Å². The molecule has 0 saturated carbocycles. The van der Waals surface area contributed by atoms with E-state index >= 15 is 0 Å². The number of Topliss-reactive ketones (excluding diaryl/α,β-unsaturated/α-hetero) is 1. The molecule has 0 radical (unpaired) electrons. The van der Waals surface area contributed by atoms with Gasteiger partial charge >= 0.3 is 6.09 Å². The number of ether oxygens (including phenoxy) is 1. The largest absolute Gasteiger partial charge is 0.439 e. The summed E-state index contributed by atoms with van der Waals surface area (Å²) in [5.41, 5.74) is 1.56. The lowest BCUT2D eigenvalue weighted by atomic mass is 9.92. The van der Waals surface area contributed by atoms with Crippen LogP contribution in [0.1, 0.15) is 47.9 Å². The number of nitrogens with zero attached hydrogens (tertiary/aromatic N) is 4. The van der Waals surface area contributed by atoms with Gasteiger partial charge in [0.05, 0.1) is 24.3 Å². The number of aryl methyl sites for hydroxylation is 2.